The van der Waals surface area contributed by atoms with Crippen LogP contribution < -0.4 is 10.2 Å². The van der Waals surface area contributed by atoms with Gasteiger partial charge in [0.05, 0.1) is 25.2 Å². The van der Waals surface area contributed by atoms with Crippen molar-refractivity contribution >= 4 is 11.9 Å². The maximum absolute atomic E-state index is 9.36. The first-order valence-corrected chi connectivity index (χ1v) is 2.92. The van der Waals surface area contributed by atoms with Crippen molar-refractivity contribution < 1.29 is 48.8 Å². The van der Waals surface area contributed by atoms with Crippen molar-refractivity contribution in [2.45, 2.75) is 0 Å². The molecule has 0 atom stereocenters. The van der Waals surface area contributed by atoms with Gasteiger partial charge in [-0.1, -0.05) is 0 Å². The van der Waals surface area contributed by atoms with Crippen LogP contribution >= 0.6 is 0 Å². The molecule has 0 aromatic heterocycles. The maximum atomic E-state index is 9.36. The van der Waals surface area contributed by atoms with Crippen LogP contribution in [0.25, 0.3) is 0 Å². The van der Waals surface area contributed by atoms with Gasteiger partial charge in [-0.25, -0.2) is 0 Å². The molecule has 0 saturated carbocycles. The fraction of sp³-hybridized carbons (Fsp3) is 0.667. The quantitative estimate of drug-likeness (QED) is 0.481. The van der Waals surface area contributed by atoms with Crippen LogP contribution in [-0.4, -0.2) is 39.4 Å². The van der Waals surface area contributed by atoms with Gasteiger partial charge in [-0.15, -0.1) is 0 Å². The van der Waals surface area contributed by atoms with Crippen LogP contribution in [0.4, 0.5) is 0 Å². The van der Waals surface area contributed by atoms with E-state index in [2.05, 4.69) is 9.47 Å². The summed E-state index contributed by atoms with van der Waals surface area (Å²) in [5, 5.41) is 18.7. The molecule has 0 aromatic rings. The minimum atomic E-state index is -1.18. The molecule has 0 N–H and O–H groups in total. The molecular weight excluding hydrogens is 233 g/mol. The number of carbonyl (C=O) groups is 2. The van der Waals surface area contributed by atoms with E-state index >= 15 is 0 Å². The molecule has 0 radical (unpaired) electrons. The van der Waals surface area contributed by atoms with Crippen molar-refractivity contribution in [2.75, 3.05) is 27.4 Å². The van der Waals surface area contributed by atoms with Crippen LogP contribution in [-0.2, 0) is 38.5 Å². The summed E-state index contributed by atoms with van der Waals surface area (Å²) in [7, 11) is 2.60. The Hall–Kier alpha value is -0.517. The van der Waals surface area contributed by atoms with Crippen LogP contribution in [0, 0.1) is 0 Å². The first kappa shape index (κ1) is 18.3. The van der Waals surface area contributed by atoms with Gasteiger partial charge in [-0.2, -0.15) is 0 Å². The molecule has 0 saturated heterocycles. The van der Waals surface area contributed by atoms with Crippen molar-refractivity contribution in [3.8, 4) is 0 Å². The Balaban J connectivity index is -0.000000143. The molecule has 0 bridgehead atoms. The molecule has 0 aliphatic heterocycles. The summed E-state index contributed by atoms with van der Waals surface area (Å²) in [5.41, 5.74) is 0. The zero-order valence-electron chi connectivity index (χ0n) is 7.57. The molecule has 0 unspecified atom stereocenters. The Labute approximate surface area is 88.6 Å². The van der Waals surface area contributed by atoms with E-state index in [1.807, 2.05) is 0 Å². The smallest absolute Gasteiger partial charge is 0.548 e. The van der Waals surface area contributed by atoms with Gasteiger partial charge in [0.1, 0.15) is 0 Å². The van der Waals surface area contributed by atoms with E-state index < -0.39 is 11.9 Å². The summed E-state index contributed by atoms with van der Waals surface area (Å²) in [5.74, 6) is -2.37. The molecule has 7 heteroatoms. The van der Waals surface area contributed by atoms with E-state index in [0.717, 1.165) is 0 Å². The first-order chi connectivity index (χ1) is 5.54. The molecule has 0 aliphatic rings. The second-order valence-corrected chi connectivity index (χ2v) is 1.61. The predicted octanol–water partition coefficient (Wildman–Crippen LogP) is -3.24. The van der Waals surface area contributed by atoms with Crippen molar-refractivity contribution in [1.29, 1.82) is 0 Å². The van der Waals surface area contributed by atoms with E-state index in [-0.39, 0.29) is 32.7 Å². The summed E-state index contributed by atoms with van der Waals surface area (Å²) in [4.78, 5) is 18.7. The second kappa shape index (κ2) is 14.0. The molecule has 0 rings (SSSR count). The van der Waals surface area contributed by atoms with Crippen LogP contribution in [0.5, 0.6) is 0 Å². The first-order valence-electron chi connectivity index (χ1n) is 2.92. The second-order valence-electron chi connectivity index (χ2n) is 1.61. The normalized spacial score (nSPS) is 7.54. The summed E-state index contributed by atoms with van der Waals surface area (Å²) in [6, 6.07) is 0. The molecule has 0 aliphatic carbocycles. The zero-order chi connectivity index (χ0) is 9.98. The molecule has 0 spiro atoms. The van der Waals surface area contributed by atoms with Crippen LogP contribution in [0.3, 0.4) is 0 Å². The Morgan fingerprint density at radius 2 is 1.23 bits per heavy atom. The number of methoxy groups -OCH3 is 2. The molecule has 0 amide bonds. The summed E-state index contributed by atoms with van der Waals surface area (Å²) >= 11 is 0. The Morgan fingerprint density at radius 3 is 1.23 bits per heavy atom. The summed E-state index contributed by atoms with van der Waals surface area (Å²) in [6.45, 7) is -0.639. The van der Waals surface area contributed by atoms with Crippen LogP contribution in [0.1, 0.15) is 0 Å². The number of rotatable bonds is 4. The number of ether oxygens (including phenoxy) is 2. The SMILES string of the molecule is COCC(=O)[O-].COCC(=O)[O-].[Zn+2]. The maximum Gasteiger partial charge on any atom is 2.00 e. The van der Waals surface area contributed by atoms with Gasteiger partial charge in [0, 0.05) is 14.2 Å². The zero-order valence-corrected chi connectivity index (χ0v) is 10.5. The van der Waals surface area contributed by atoms with Crippen LogP contribution in [0.15, 0.2) is 0 Å². The van der Waals surface area contributed by atoms with Gasteiger partial charge in [0.2, 0.25) is 0 Å². The van der Waals surface area contributed by atoms with Gasteiger partial charge in [-0.3, -0.25) is 0 Å². The average molecular weight is 244 g/mol. The van der Waals surface area contributed by atoms with Gasteiger partial charge in [0.15, 0.2) is 0 Å². The van der Waals surface area contributed by atoms with Crippen molar-refractivity contribution in [3.05, 3.63) is 0 Å². The van der Waals surface area contributed by atoms with Gasteiger partial charge in [-0.05, 0) is 0 Å². The third kappa shape index (κ3) is 34.3. The van der Waals surface area contributed by atoms with Gasteiger partial charge >= 0.3 is 19.5 Å². The third-order valence-electron chi connectivity index (χ3n) is 0.524. The number of hydrogen-bond donors (Lipinski definition) is 0. The van der Waals surface area contributed by atoms with E-state index in [0.29, 0.717) is 0 Å². The van der Waals surface area contributed by atoms with Crippen molar-refractivity contribution in [1.82, 2.24) is 0 Å². The third-order valence-corrected chi connectivity index (χ3v) is 0.524. The van der Waals surface area contributed by atoms with E-state index in [9.17, 15) is 19.8 Å². The fourth-order valence-corrected chi connectivity index (χ4v) is 0.236. The summed E-state index contributed by atoms with van der Waals surface area (Å²) in [6.07, 6.45) is 0. The number of hydrogen-bond acceptors (Lipinski definition) is 6. The topological polar surface area (TPSA) is 98.7 Å². The number of carboxylic acids is 2. The molecule has 0 heterocycles. The minimum Gasteiger partial charge on any atom is -0.548 e. The monoisotopic (exact) mass is 242 g/mol. The number of aliphatic carboxylic acids is 2. The molecule has 0 aromatic carbocycles. The summed E-state index contributed by atoms with van der Waals surface area (Å²) < 4.78 is 8.28. The molecule has 0 fully saturated rings. The molecular formula is C6H10O6Zn. The average Bonchev–Trinajstić information content (AvgIpc) is 1.87. The number of carbonyl (C=O) groups excluding carboxylic acids is 2. The Kier molecular flexibility index (Phi) is 19.8. The van der Waals surface area contributed by atoms with Crippen LogP contribution in [0.2, 0.25) is 0 Å². The van der Waals surface area contributed by atoms with Gasteiger partial charge < -0.3 is 29.3 Å². The molecule has 72 valence electrons. The predicted molar refractivity (Wildman–Crippen MR) is 33.8 cm³/mol. The minimum absolute atomic E-state index is 0. The van der Waals surface area contributed by atoms with Gasteiger partial charge in [0.25, 0.3) is 0 Å². The Morgan fingerprint density at radius 1 is 1.00 bits per heavy atom. The fourth-order valence-electron chi connectivity index (χ4n) is 0.236. The molecule has 13 heavy (non-hydrogen) atoms. The standard InChI is InChI=1S/2C3H6O3.Zn/c2*1-6-2-3(4)5;/h2*2H2,1H3,(H,4,5);/q;;+2/p-2. The van der Waals surface area contributed by atoms with E-state index in [1.165, 1.54) is 14.2 Å². The van der Waals surface area contributed by atoms with E-state index in [1.54, 1.807) is 0 Å². The number of carboxylic acid groups (broad SMARTS) is 2. The van der Waals surface area contributed by atoms with Crippen molar-refractivity contribution in [2.24, 2.45) is 0 Å². The van der Waals surface area contributed by atoms with E-state index in [4.69, 9.17) is 0 Å². The largest absolute Gasteiger partial charge is 2.00 e. The Bertz CT molecular complexity index is 121. The van der Waals surface area contributed by atoms with Crippen molar-refractivity contribution in [3.63, 3.8) is 0 Å². The molecule has 6 nitrogen and oxygen atoms in total.